The summed E-state index contributed by atoms with van der Waals surface area (Å²) in [5.41, 5.74) is 6.84. The predicted molar refractivity (Wildman–Crippen MR) is 75.3 cm³/mol. The molecule has 0 aliphatic carbocycles. The second-order valence-corrected chi connectivity index (χ2v) is 5.77. The van der Waals surface area contributed by atoms with Crippen molar-refractivity contribution in [2.24, 2.45) is 0 Å². The van der Waals surface area contributed by atoms with E-state index in [4.69, 9.17) is 5.73 Å². The number of halogens is 1. The zero-order valence-corrected chi connectivity index (χ0v) is 11.3. The van der Waals surface area contributed by atoms with Gasteiger partial charge in [0.25, 0.3) is 0 Å². The molecule has 0 bridgehead atoms. The summed E-state index contributed by atoms with van der Waals surface area (Å²) < 4.78 is 13.8. The van der Waals surface area contributed by atoms with Gasteiger partial charge in [0.15, 0.2) is 0 Å². The number of anilines is 1. The third-order valence-electron chi connectivity index (χ3n) is 4.38. The number of nitrogen functional groups attached to an aromatic ring is 1. The standard InChI is InChI=1S/C15H22FN3/c16-15-9-13(17)4-3-12(15)10-18-8-5-14(11-18)19-6-1-2-7-19/h3-4,9,14H,1-2,5-8,10-11,17H2. The van der Waals surface area contributed by atoms with Crippen LogP contribution in [0.2, 0.25) is 0 Å². The fourth-order valence-corrected chi connectivity index (χ4v) is 3.29. The number of hydrogen-bond acceptors (Lipinski definition) is 3. The Morgan fingerprint density at radius 2 is 2.00 bits per heavy atom. The van der Waals surface area contributed by atoms with Gasteiger partial charge in [-0.2, -0.15) is 0 Å². The minimum atomic E-state index is -0.176. The number of likely N-dealkylation sites (tertiary alicyclic amines) is 2. The van der Waals surface area contributed by atoms with Crippen molar-refractivity contribution in [3.63, 3.8) is 0 Å². The molecule has 0 aromatic heterocycles. The van der Waals surface area contributed by atoms with Crippen LogP contribution >= 0.6 is 0 Å². The van der Waals surface area contributed by atoms with E-state index in [1.165, 1.54) is 38.4 Å². The Morgan fingerprint density at radius 1 is 1.21 bits per heavy atom. The smallest absolute Gasteiger partial charge is 0.129 e. The van der Waals surface area contributed by atoms with Crippen LogP contribution in [0.5, 0.6) is 0 Å². The van der Waals surface area contributed by atoms with Gasteiger partial charge in [-0.15, -0.1) is 0 Å². The molecule has 3 nitrogen and oxygen atoms in total. The van der Waals surface area contributed by atoms with Crippen molar-refractivity contribution < 1.29 is 4.39 Å². The van der Waals surface area contributed by atoms with Gasteiger partial charge in [0.05, 0.1) is 0 Å². The largest absolute Gasteiger partial charge is 0.399 e. The Bertz CT molecular complexity index is 443. The van der Waals surface area contributed by atoms with E-state index in [1.807, 2.05) is 6.07 Å². The van der Waals surface area contributed by atoms with Gasteiger partial charge < -0.3 is 5.73 Å². The Balaban J connectivity index is 1.59. The molecule has 4 heteroatoms. The highest BCUT2D eigenvalue weighted by molar-refractivity contribution is 5.40. The second kappa shape index (κ2) is 5.47. The first kappa shape index (κ1) is 12.9. The van der Waals surface area contributed by atoms with Gasteiger partial charge >= 0.3 is 0 Å². The minimum absolute atomic E-state index is 0.176. The minimum Gasteiger partial charge on any atom is -0.399 e. The number of hydrogen-bond donors (Lipinski definition) is 1. The highest BCUT2D eigenvalue weighted by Crippen LogP contribution is 2.22. The van der Waals surface area contributed by atoms with Gasteiger partial charge in [-0.3, -0.25) is 9.80 Å². The van der Waals surface area contributed by atoms with Crippen LogP contribution in [-0.4, -0.2) is 42.0 Å². The first-order chi connectivity index (χ1) is 9.22. The maximum atomic E-state index is 13.8. The van der Waals surface area contributed by atoms with Crippen molar-refractivity contribution in [2.75, 3.05) is 31.9 Å². The van der Waals surface area contributed by atoms with Crippen LogP contribution in [0.3, 0.4) is 0 Å². The van der Waals surface area contributed by atoms with E-state index in [0.29, 0.717) is 18.3 Å². The van der Waals surface area contributed by atoms with Crippen LogP contribution < -0.4 is 5.73 Å². The quantitative estimate of drug-likeness (QED) is 0.847. The first-order valence-electron chi connectivity index (χ1n) is 7.23. The third-order valence-corrected chi connectivity index (χ3v) is 4.38. The fourth-order valence-electron chi connectivity index (χ4n) is 3.29. The molecule has 0 spiro atoms. The monoisotopic (exact) mass is 263 g/mol. The molecule has 2 heterocycles. The lowest BCUT2D eigenvalue weighted by Crippen LogP contribution is -2.35. The number of benzene rings is 1. The molecule has 2 aliphatic heterocycles. The summed E-state index contributed by atoms with van der Waals surface area (Å²) in [6.45, 7) is 5.34. The third kappa shape index (κ3) is 2.90. The molecule has 2 saturated heterocycles. The molecule has 3 rings (SSSR count). The second-order valence-electron chi connectivity index (χ2n) is 5.77. The molecule has 1 atom stereocenters. The van der Waals surface area contributed by atoms with Crippen molar-refractivity contribution >= 4 is 5.69 Å². The molecule has 0 amide bonds. The molecule has 1 aromatic rings. The molecule has 1 aromatic carbocycles. The Kier molecular flexibility index (Phi) is 3.71. The maximum Gasteiger partial charge on any atom is 0.129 e. The molecular weight excluding hydrogens is 241 g/mol. The van der Waals surface area contributed by atoms with E-state index in [1.54, 1.807) is 6.07 Å². The van der Waals surface area contributed by atoms with Crippen molar-refractivity contribution in [1.82, 2.24) is 9.80 Å². The van der Waals surface area contributed by atoms with Crippen LogP contribution in [0.25, 0.3) is 0 Å². The number of nitrogens with zero attached hydrogens (tertiary/aromatic N) is 2. The van der Waals surface area contributed by atoms with E-state index in [9.17, 15) is 4.39 Å². The van der Waals surface area contributed by atoms with Gasteiger partial charge in [0, 0.05) is 36.9 Å². The average Bonchev–Trinajstić information content (AvgIpc) is 3.03. The van der Waals surface area contributed by atoms with Gasteiger partial charge in [-0.05, 0) is 44.5 Å². The topological polar surface area (TPSA) is 32.5 Å². The average molecular weight is 263 g/mol. The van der Waals surface area contributed by atoms with E-state index in [-0.39, 0.29) is 5.82 Å². The lowest BCUT2D eigenvalue weighted by molar-refractivity contribution is 0.229. The van der Waals surface area contributed by atoms with Gasteiger partial charge in [-0.25, -0.2) is 4.39 Å². The lowest BCUT2D eigenvalue weighted by Gasteiger charge is -2.23. The van der Waals surface area contributed by atoms with Crippen molar-refractivity contribution in [1.29, 1.82) is 0 Å². The number of rotatable bonds is 3. The van der Waals surface area contributed by atoms with E-state index >= 15 is 0 Å². The molecule has 0 radical (unpaired) electrons. The van der Waals surface area contributed by atoms with Gasteiger partial charge in [-0.1, -0.05) is 6.07 Å². The zero-order valence-electron chi connectivity index (χ0n) is 11.3. The maximum absolute atomic E-state index is 13.8. The molecule has 2 fully saturated rings. The summed E-state index contributed by atoms with van der Waals surface area (Å²) in [7, 11) is 0. The molecular formula is C15H22FN3. The van der Waals surface area contributed by atoms with Crippen LogP contribution in [0, 0.1) is 5.82 Å². The Morgan fingerprint density at radius 3 is 2.74 bits per heavy atom. The van der Waals surface area contributed by atoms with Crippen LogP contribution in [-0.2, 0) is 6.54 Å². The van der Waals surface area contributed by atoms with Gasteiger partial charge in [0.1, 0.15) is 5.82 Å². The van der Waals surface area contributed by atoms with Crippen molar-refractivity contribution in [3.05, 3.63) is 29.6 Å². The predicted octanol–water partition coefficient (Wildman–Crippen LogP) is 2.08. The molecule has 1 unspecified atom stereocenters. The van der Waals surface area contributed by atoms with E-state index in [0.717, 1.165) is 18.7 Å². The summed E-state index contributed by atoms with van der Waals surface area (Å²) >= 11 is 0. The molecule has 2 aliphatic rings. The summed E-state index contributed by atoms with van der Waals surface area (Å²) in [4.78, 5) is 4.96. The lowest BCUT2D eigenvalue weighted by atomic mass is 10.2. The Hall–Kier alpha value is -1.13. The summed E-state index contributed by atoms with van der Waals surface area (Å²) in [5.74, 6) is -0.176. The van der Waals surface area contributed by atoms with Gasteiger partial charge in [0.2, 0.25) is 0 Å². The highest BCUT2D eigenvalue weighted by Gasteiger charge is 2.29. The van der Waals surface area contributed by atoms with Crippen LogP contribution in [0.1, 0.15) is 24.8 Å². The highest BCUT2D eigenvalue weighted by atomic mass is 19.1. The zero-order chi connectivity index (χ0) is 13.2. The molecule has 2 N–H and O–H groups in total. The SMILES string of the molecule is Nc1ccc(CN2CCC(N3CCCC3)C2)c(F)c1. The molecule has 104 valence electrons. The number of nitrogens with two attached hydrogens (primary N) is 1. The van der Waals surface area contributed by atoms with E-state index < -0.39 is 0 Å². The van der Waals surface area contributed by atoms with E-state index in [2.05, 4.69) is 9.80 Å². The van der Waals surface area contributed by atoms with Crippen LogP contribution in [0.4, 0.5) is 10.1 Å². The summed E-state index contributed by atoms with van der Waals surface area (Å²) in [5, 5.41) is 0. The van der Waals surface area contributed by atoms with Crippen molar-refractivity contribution in [2.45, 2.75) is 31.8 Å². The van der Waals surface area contributed by atoms with Crippen molar-refractivity contribution in [3.8, 4) is 0 Å². The summed E-state index contributed by atoms with van der Waals surface area (Å²) in [6, 6.07) is 5.70. The first-order valence-corrected chi connectivity index (χ1v) is 7.23. The molecule has 0 saturated carbocycles. The Labute approximate surface area is 114 Å². The molecule has 19 heavy (non-hydrogen) atoms. The normalized spacial score (nSPS) is 25.2. The van der Waals surface area contributed by atoms with Crippen LogP contribution in [0.15, 0.2) is 18.2 Å². The summed E-state index contributed by atoms with van der Waals surface area (Å²) in [6.07, 6.45) is 3.89. The fraction of sp³-hybridized carbons (Fsp3) is 0.600.